The fourth-order valence-corrected chi connectivity index (χ4v) is 4.58. The maximum absolute atomic E-state index is 5.56. The molecule has 134 valence electrons. The number of hydrogen-bond donors (Lipinski definition) is 0. The number of aryl methyl sites for hydroxylation is 1. The molecule has 0 unspecified atom stereocenters. The van der Waals surface area contributed by atoms with Crippen LogP contribution in [0, 0.1) is 6.92 Å². The third-order valence-electron chi connectivity index (χ3n) is 6.14. The number of hydrogen-bond acceptors (Lipinski definition) is 2. The summed E-state index contributed by atoms with van der Waals surface area (Å²) in [6.07, 6.45) is 4.83. The van der Waals surface area contributed by atoms with Crippen LogP contribution >= 0.6 is 0 Å². The Balaban J connectivity index is 1.52. The van der Waals surface area contributed by atoms with Crippen molar-refractivity contribution in [2.45, 2.75) is 31.7 Å². The second kappa shape index (κ2) is 6.17. The normalized spacial score (nSPS) is 19.0. The van der Waals surface area contributed by atoms with Crippen molar-refractivity contribution in [2.24, 2.45) is 0 Å². The minimum atomic E-state index is 0.281. The number of anilines is 1. The van der Waals surface area contributed by atoms with E-state index in [2.05, 4.69) is 71.1 Å². The highest BCUT2D eigenvalue weighted by Gasteiger charge is 2.46. The van der Waals surface area contributed by atoms with E-state index in [1.807, 2.05) is 0 Å². The molecule has 0 radical (unpaired) electrons. The first kappa shape index (κ1) is 16.0. The summed E-state index contributed by atoms with van der Waals surface area (Å²) in [6, 6.07) is 17.9. The van der Waals surface area contributed by atoms with Gasteiger partial charge in [0.1, 0.15) is 0 Å². The number of aromatic nitrogens is 1. The van der Waals surface area contributed by atoms with E-state index in [0.717, 1.165) is 32.8 Å². The summed E-state index contributed by atoms with van der Waals surface area (Å²) >= 11 is 0. The first-order chi connectivity index (χ1) is 12.8. The number of morpholine rings is 1. The van der Waals surface area contributed by atoms with Gasteiger partial charge in [-0.2, -0.15) is 0 Å². The van der Waals surface area contributed by atoms with Crippen LogP contribution in [0.5, 0.6) is 0 Å². The molecule has 0 amide bonds. The van der Waals surface area contributed by atoms with Gasteiger partial charge < -0.3 is 14.2 Å². The third kappa shape index (κ3) is 2.62. The van der Waals surface area contributed by atoms with Crippen LogP contribution in [0.2, 0.25) is 0 Å². The van der Waals surface area contributed by atoms with Crippen LogP contribution in [0.25, 0.3) is 10.9 Å². The van der Waals surface area contributed by atoms with Crippen molar-refractivity contribution in [2.75, 3.05) is 31.2 Å². The van der Waals surface area contributed by atoms with Crippen LogP contribution in [0.15, 0.2) is 54.7 Å². The molecule has 1 saturated carbocycles. The van der Waals surface area contributed by atoms with Gasteiger partial charge >= 0.3 is 0 Å². The van der Waals surface area contributed by atoms with Gasteiger partial charge in [-0.3, -0.25) is 0 Å². The Morgan fingerprint density at radius 1 is 0.962 bits per heavy atom. The number of rotatable bonds is 4. The van der Waals surface area contributed by atoms with Crippen LogP contribution < -0.4 is 4.90 Å². The molecule has 2 aliphatic rings. The molecule has 0 atom stereocenters. The van der Waals surface area contributed by atoms with Crippen molar-refractivity contribution in [3.63, 3.8) is 0 Å². The Kier molecular flexibility index (Phi) is 3.79. The van der Waals surface area contributed by atoms with Crippen LogP contribution in [0.3, 0.4) is 0 Å². The zero-order valence-electron chi connectivity index (χ0n) is 15.4. The maximum atomic E-state index is 5.56. The van der Waals surface area contributed by atoms with Crippen LogP contribution in [-0.4, -0.2) is 30.9 Å². The zero-order valence-corrected chi connectivity index (χ0v) is 15.4. The van der Waals surface area contributed by atoms with E-state index in [1.54, 1.807) is 0 Å². The zero-order chi connectivity index (χ0) is 17.6. The average Bonchev–Trinajstić information content (AvgIpc) is 3.35. The minimum Gasteiger partial charge on any atom is -0.378 e. The summed E-state index contributed by atoms with van der Waals surface area (Å²) in [5.41, 5.74) is 5.98. The summed E-state index contributed by atoms with van der Waals surface area (Å²) < 4.78 is 8.04. The molecule has 1 aliphatic carbocycles. The van der Waals surface area contributed by atoms with E-state index >= 15 is 0 Å². The van der Waals surface area contributed by atoms with E-state index in [1.165, 1.54) is 40.6 Å². The predicted octanol–water partition coefficient (Wildman–Crippen LogP) is 4.52. The lowest BCUT2D eigenvalue weighted by Gasteiger charge is -2.33. The van der Waals surface area contributed by atoms with Crippen molar-refractivity contribution in [1.29, 1.82) is 0 Å². The van der Waals surface area contributed by atoms with Gasteiger partial charge in [0.05, 0.1) is 18.7 Å². The molecule has 2 aromatic carbocycles. The molecule has 1 aromatic heterocycles. The molecule has 26 heavy (non-hydrogen) atoms. The Morgan fingerprint density at radius 3 is 2.58 bits per heavy atom. The highest BCUT2D eigenvalue weighted by molar-refractivity contribution is 5.83. The molecule has 5 rings (SSSR count). The van der Waals surface area contributed by atoms with Crippen molar-refractivity contribution in [3.8, 4) is 0 Å². The largest absolute Gasteiger partial charge is 0.378 e. The molecule has 1 aliphatic heterocycles. The SMILES string of the molecule is Cc1cccc2ccn(CC3(c4ccccc4N4CCOCC4)CC3)c12. The van der Waals surface area contributed by atoms with E-state index in [-0.39, 0.29) is 5.41 Å². The second-order valence-electron chi connectivity index (χ2n) is 7.85. The average molecular weight is 346 g/mol. The molecule has 0 spiro atoms. The summed E-state index contributed by atoms with van der Waals surface area (Å²) in [7, 11) is 0. The van der Waals surface area contributed by atoms with E-state index in [4.69, 9.17) is 4.74 Å². The fourth-order valence-electron chi connectivity index (χ4n) is 4.58. The second-order valence-corrected chi connectivity index (χ2v) is 7.85. The number of fused-ring (bicyclic) bond motifs is 1. The first-order valence-corrected chi connectivity index (χ1v) is 9.74. The Hall–Kier alpha value is -2.26. The quantitative estimate of drug-likeness (QED) is 0.691. The first-order valence-electron chi connectivity index (χ1n) is 9.74. The molecule has 3 aromatic rings. The van der Waals surface area contributed by atoms with Gasteiger partial charge in [-0.15, -0.1) is 0 Å². The highest BCUT2D eigenvalue weighted by Crippen LogP contribution is 2.53. The summed E-state index contributed by atoms with van der Waals surface area (Å²) in [6.45, 7) is 6.96. The molecule has 0 N–H and O–H groups in total. The molecule has 2 fully saturated rings. The lowest BCUT2D eigenvalue weighted by Crippen LogP contribution is -2.37. The fraction of sp³-hybridized carbons (Fsp3) is 0.391. The summed E-state index contributed by atoms with van der Waals surface area (Å²) in [5, 5.41) is 1.35. The lowest BCUT2D eigenvalue weighted by molar-refractivity contribution is 0.122. The molecule has 0 bridgehead atoms. The number of nitrogens with zero attached hydrogens (tertiary/aromatic N) is 2. The molecule has 3 nitrogen and oxygen atoms in total. The maximum Gasteiger partial charge on any atom is 0.0642 e. The van der Waals surface area contributed by atoms with Gasteiger partial charge in [0, 0.05) is 36.9 Å². The van der Waals surface area contributed by atoms with Gasteiger partial charge in [0.2, 0.25) is 0 Å². The van der Waals surface area contributed by atoms with Crippen LogP contribution in [0.4, 0.5) is 5.69 Å². The number of para-hydroxylation sites is 2. The third-order valence-corrected chi connectivity index (χ3v) is 6.14. The molecular formula is C23H26N2O. The molecule has 3 heteroatoms. The standard InChI is InChI=1S/C23H26N2O/c1-18-5-4-6-19-9-12-25(22(18)19)17-23(10-11-23)20-7-2-3-8-21(20)24-13-15-26-16-14-24/h2-9,12H,10-11,13-17H2,1H3. The minimum absolute atomic E-state index is 0.281. The van der Waals surface area contributed by atoms with Crippen molar-refractivity contribution >= 4 is 16.6 Å². The van der Waals surface area contributed by atoms with Crippen LogP contribution in [0.1, 0.15) is 24.0 Å². The van der Waals surface area contributed by atoms with Crippen molar-refractivity contribution in [1.82, 2.24) is 4.57 Å². The van der Waals surface area contributed by atoms with Crippen LogP contribution in [-0.2, 0) is 16.7 Å². The van der Waals surface area contributed by atoms with Gasteiger partial charge in [-0.25, -0.2) is 0 Å². The van der Waals surface area contributed by atoms with Gasteiger partial charge in [0.15, 0.2) is 0 Å². The van der Waals surface area contributed by atoms with Crippen molar-refractivity contribution < 1.29 is 4.74 Å². The number of benzene rings is 2. The monoisotopic (exact) mass is 346 g/mol. The lowest BCUT2D eigenvalue weighted by atomic mass is 9.93. The highest BCUT2D eigenvalue weighted by atomic mass is 16.5. The van der Waals surface area contributed by atoms with E-state index in [9.17, 15) is 0 Å². The molecular weight excluding hydrogens is 320 g/mol. The number of ether oxygens (including phenoxy) is 1. The summed E-state index contributed by atoms with van der Waals surface area (Å²) in [5.74, 6) is 0. The van der Waals surface area contributed by atoms with Gasteiger partial charge in [-0.05, 0) is 48.4 Å². The van der Waals surface area contributed by atoms with Crippen molar-refractivity contribution in [3.05, 3.63) is 65.9 Å². The Labute approximate surface area is 155 Å². The van der Waals surface area contributed by atoms with Gasteiger partial charge in [-0.1, -0.05) is 36.4 Å². The topological polar surface area (TPSA) is 17.4 Å². The summed E-state index contributed by atoms with van der Waals surface area (Å²) in [4.78, 5) is 2.51. The smallest absolute Gasteiger partial charge is 0.0642 e. The molecule has 1 saturated heterocycles. The van der Waals surface area contributed by atoms with E-state index < -0.39 is 0 Å². The molecule has 2 heterocycles. The van der Waals surface area contributed by atoms with Gasteiger partial charge in [0.25, 0.3) is 0 Å². The predicted molar refractivity (Wildman–Crippen MR) is 107 cm³/mol. The Bertz CT molecular complexity index is 932. The Morgan fingerprint density at radius 2 is 1.77 bits per heavy atom. The van der Waals surface area contributed by atoms with E-state index in [0.29, 0.717) is 0 Å².